The van der Waals surface area contributed by atoms with Crippen LogP contribution < -0.4 is 20.1 Å². The molecule has 28 heavy (non-hydrogen) atoms. The van der Waals surface area contributed by atoms with Crippen LogP contribution in [0.3, 0.4) is 0 Å². The Morgan fingerprint density at radius 1 is 1.11 bits per heavy atom. The van der Waals surface area contributed by atoms with Gasteiger partial charge in [0.05, 0.1) is 6.54 Å². The number of fused-ring (bicyclic) bond motifs is 1. The van der Waals surface area contributed by atoms with Crippen molar-refractivity contribution in [2.24, 2.45) is 5.92 Å². The fourth-order valence-corrected chi connectivity index (χ4v) is 2.85. The number of carbonyl (C=O) groups excluding carboxylic acids is 2. The van der Waals surface area contributed by atoms with Gasteiger partial charge in [-0.05, 0) is 42.3 Å². The second-order valence-corrected chi connectivity index (χ2v) is 6.94. The summed E-state index contributed by atoms with van der Waals surface area (Å²) in [4.78, 5) is 25.0. The summed E-state index contributed by atoms with van der Waals surface area (Å²) in [6.07, 6.45) is -0.320. The number of para-hydroxylation sites is 2. The zero-order chi connectivity index (χ0) is 20.1. The van der Waals surface area contributed by atoms with Gasteiger partial charge in [-0.3, -0.25) is 9.59 Å². The SMILES string of the molecule is CC(C)[C@H](NC(=O)c1ccc(F)cc1)C(=O)NCC1COc2ccccc2O1. The van der Waals surface area contributed by atoms with Crippen molar-refractivity contribution in [3.63, 3.8) is 0 Å². The van der Waals surface area contributed by atoms with Gasteiger partial charge in [0, 0.05) is 5.56 Å². The van der Waals surface area contributed by atoms with Crippen LogP contribution in [-0.2, 0) is 4.79 Å². The van der Waals surface area contributed by atoms with Crippen molar-refractivity contribution in [3.8, 4) is 11.5 Å². The Morgan fingerprint density at radius 2 is 1.79 bits per heavy atom. The summed E-state index contributed by atoms with van der Waals surface area (Å²) < 4.78 is 24.5. The molecule has 0 saturated heterocycles. The number of hydrogen-bond donors (Lipinski definition) is 2. The summed E-state index contributed by atoms with van der Waals surface area (Å²) in [6, 6.07) is 11.8. The first kappa shape index (κ1) is 19.7. The summed E-state index contributed by atoms with van der Waals surface area (Å²) in [5.74, 6) is 0.0160. The van der Waals surface area contributed by atoms with Gasteiger partial charge in [-0.15, -0.1) is 0 Å². The number of nitrogens with one attached hydrogen (secondary N) is 2. The summed E-state index contributed by atoms with van der Waals surface area (Å²) >= 11 is 0. The molecule has 6 nitrogen and oxygen atoms in total. The number of benzene rings is 2. The van der Waals surface area contributed by atoms with E-state index in [9.17, 15) is 14.0 Å². The number of halogens is 1. The monoisotopic (exact) mass is 386 g/mol. The predicted molar refractivity (Wildman–Crippen MR) is 102 cm³/mol. The van der Waals surface area contributed by atoms with Gasteiger partial charge in [0.2, 0.25) is 5.91 Å². The van der Waals surface area contributed by atoms with Crippen LogP contribution in [0, 0.1) is 11.7 Å². The molecule has 0 fully saturated rings. The Bertz CT molecular complexity index is 839. The van der Waals surface area contributed by atoms with Gasteiger partial charge in [0.1, 0.15) is 24.6 Å². The second kappa shape index (κ2) is 8.73. The van der Waals surface area contributed by atoms with E-state index < -0.39 is 17.8 Å². The van der Waals surface area contributed by atoms with Crippen molar-refractivity contribution in [3.05, 3.63) is 59.9 Å². The lowest BCUT2D eigenvalue weighted by molar-refractivity contribution is -0.124. The van der Waals surface area contributed by atoms with Crippen molar-refractivity contribution < 1.29 is 23.5 Å². The molecule has 7 heteroatoms. The molecule has 0 radical (unpaired) electrons. The van der Waals surface area contributed by atoms with Gasteiger partial charge in [-0.2, -0.15) is 0 Å². The molecule has 2 aromatic carbocycles. The third kappa shape index (κ3) is 4.79. The summed E-state index contributed by atoms with van der Waals surface area (Å²) in [7, 11) is 0. The number of carbonyl (C=O) groups is 2. The number of hydrogen-bond acceptors (Lipinski definition) is 4. The van der Waals surface area contributed by atoms with E-state index in [1.807, 2.05) is 38.1 Å². The van der Waals surface area contributed by atoms with Crippen molar-refractivity contribution in [2.75, 3.05) is 13.2 Å². The third-order valence-electron chi connectivity index (χ3n) is 4.41. The highest BCUT2D eigenvalue weighted by atomic mass is 19.1. The third-order valence-corrected chi connectivity index (χ3v) is 4.41. The molecule has 3 rings (SSSR count). The number of rotatable bonds is 6. The molecule has 148 valence electrons. The fraction of sp³-hybridized carbons (Fsp3) is 0.333. The molecule has 0 saturated carbocycles. The summed E-state index contributed by atoms with van der Waals surface area (Å²) in [6.45, 7) is 4.26. The van der Waals surface area contributed by atoms with Crippen LogP contribution in [0.5, 0.6) is 11.5 Å². The van der Waals surface area contributed by atoms with E-state index in [1.165, 1.54) is 24.3 Å². The minimum absolute atomic E-state index is 0.131. The van der Waals surface area contributed by atoms with Crippen LogP contribution in [-0.4, -0.2) is 37.1 Å². The van der Waals surface area contributed by atoms with Crippen LogP contribution in [0.15, 0.2) is 48.5 Å². The molecule has 2 atom stereocenters. The summed E-state index contributed by atoms with van der Waals surface area (Å²) in [5.41, 5.74) is 0.292. The quantitative estimate of drug-likeness (QED) is 0.800. The Labute approximate surface area is 163 Å². The van der Waals surface area contributed by atoms with Crippen LogP contribution in [0.2, 0.25) is 0 Å². The first-order chi connectivity index (χ1) is 13.4. The van der Waals surface area contributed by atoms with Crippen molar-refractivity contribution in [1.82, 2.24) is 10.6 Å². The van der Waals surface area contributed by atoms with E-state index in [2.05, 4.69) is 10.6 Å². The van der Waals surface area contributed by atoms with Gasteiger partial charge >= 0.3 is 0 Å². The average molecular weight is 386 g/mol. The van der Waals surface area contributed by atoms with Gasteiger partial charge < -0.3 is 20.1 Å². The molecule has 0 bridgehead atoms. The molecule has 1 unspecified atom stereocenters. The molecule has 1 aliphatic heterocycles. The Balaban J connectivity index is 1.56. The van der Waals surface area contributed by atoms with E-state index in [0.29, 0.717) is 23.7 Å². The topological polar surface area (TPSA) is 76.7 Å². The van der Waals surface area contributed by atoms with E-state index in [1.54, 1.807) is 0 Å². The minimum atomic E-state index is -0.727. The fourth-order valence-electron chi connectivity index (χ4n) is 2.85. The maximum atomic E-state index is 13.0. The molecule has 0 aliphatic carbocycles. The largest absolute Gasteiger partial charge is 0.486 e. The van der Waals surface area contributed by atoms with Crippen molar-refractivity contribution in [1.29, 1.82) is 0 Å². The van der Waals surface area contributed by atoms with Crippen LogP contribution in [0.4, 0.5) is 4.39 Å². The zero-order valence-corrected chi connectivity index (χ0v) is 15.8. The highest BCUT2D eigenvalue weighted by Gasteiger charge is 2.27. The lowest BCUT2D eigenvalue weighted by Crippen LogP contribution is -2.52. The Hall–Kier alpha value is -3.09. The predicted octanol–water partition coefficient (Wildman–Crippen LogP) is 2.54. The van der Waals surface area contributed by atoms with Crippen molar-refractivity contribution in [2.45, 2.75) is 26.0 Å². The lowest BCUT2D eigenvalue weighted by Gasteiger charge is -2.28. The molecule has 0 spiro atoms. The molecule has 2 aromatic rings. The first-order valence-corrected chi connectivity index (χ1v) is 9.16. The second-order valence-electron chi connectivity index (χ2n) is 6.94. The minimum Gasteiger partial charge on any atom is -0.486 e. The lowest BCUT2D eigenvalue weighted by atomic mass is 10.0. The Kier molecular flexibility index (Phi) is 6.13. The van der Waals surface area contributed by atoms with Gasteiger partial charge in [-0.1, -0.05) is 26.0 Å². The standard InChI is InChI=1S/C21H23FN2O4/c1-13(2)19(24-20(25)14-7-9-15(22)10-8-14)21(26)23-11-16-12-27-17-5-3-4-6-18(17)28-16/h3-10,13,16,19H,11-12H2,1-2H3,(H,23,26)(H,24,25)/t16?,19-/m0/s1. The van der Waals surface area contributed by atoms with Gasteiger partial charge in [-0.25, -0.2) is 4.39 Å². The normalized spacial score (nSPS) is 16.4. The van der Waals surface area contributed by atoms with Crippen LogP contribution >= 0.6 is 0 Å². The molecular formula is C21H23FN2O4. The zero-order valence-electron chi connectivity index (χ0n) is 15.8. The molecule has 2 N–H and O–H groups in total. The molecular weight excluding hydrogens is 363 g/mol. The average Bonchev–Trinajstić information content (AvgIpc) is 2.70. The van der Waals surface area contributed by atoms with Crippen LogP contribution in [0.1, 0.15) is 24.2 Å². The molecule has 1 heterocycles. The smallest absolute Gasteiger partial charge is 0.251 e. The van der Waals surface area contributed by atoms with Gasteiger partial charge in [0.25, 0.3) is 5.91 Å². The van der Waals surface area contributed by atoms with Crippen LogP contribution in [0.25, 0.3) is 0 Å². The van der Waals surface area contributed by atoms with E-state index >= 15 is 0 Å². The highest BCUT2D eigenvalue weighted by Crippen LogP contribution is 2.30. The maximum absolute atomic E-state index is 13.0. The Morgan fingerprint density at radius 3 is 2.46 bits per heavy atom. The van der Waals surface area contributed by atoms with Gasteiger partial charge in [0.15, 0.2) is 11.5 Å². The van der Waals surface area contributed by atoms with Crippen molar-refractivity contribution >= 4 is 11.8 Å². The first-order valence-electron chi connectivity index (χ1n) is 9.16. The van der Waals surface area contributed by atoms with E-state index in [4.69, 9.17) is 9.47 Å². The number of amides is 2. The molecule has 0 aromatic heterocycles. The maximum Gasteiger partial charge on any atom is 0.251 e. The number of ether oxygens (including phenoxy) is 2. The molecule has 1 aliphatic rings. The highest BCUT2D eigenvalue weighted by molar-refractivity contribution is 5.97. The molecule has 2 amide bonds. The summed E-state index contributed by atoms with van der Waals surface area (Å²) in [5, 5.41) is 5.52. The van der Waals surface area contributed by atoms with E-state index in [0.717, 1.165) is 0 Å². The van der Waals surface area contributed by atoms with E-state index in [-0.39, 0.29) is 24.5 Å².